The second-order valence-electron chi connectivity index (χ2n) is 7.08. The monoisotopic (exact) mass is 425 g/mol. The van der Waals surface area contributed by atoms with Crippen LogP contribution in [0.4, 0.5) is 20.2 Å². The maximum absolute atomic E-state index is 12.8. The van der Waals surface area contributed by atoms with Gasteiger partial charge in [-0.2, -0.15) is 8.78 Å². The number of benzene rings is 2. The lowest BCUT2D eigenvalue weighted by Crippen LogP contribution is -2.29. The topological polar surface area (TPSA) is 61.9 Å². The van der Waals surface area contributed by atoms with E-state index < -0.39 is 22.4 Å². The molecule has 1 N–H and O–H groups in total. The number of nitrogens with zero attached hydrogens (tertiary/aromatic N) is 2. The van der Waals surface area contributed by atoms with E-state index in [1.165, 1.54) is 24.3 Å². The number of aryl methyl sites for hydroxylation is 1. The molecule has 0 atom stereocenters. The molecule has 2 aromatic rings. The van der Waals surface area contributed by atoms with Gasteiger partial charge in [-0.3, -0.25) is 4.72 Å². The van der Waals surface area contributed by atoms with Crippen LogP contribution in [-0.4, -0.2) is 53.2 Å². The summed E-state index contributed by atoms with van der Waals surface area (Å²) in [5.41, 5.74) is 2.37. The molecular formula is C20H25F2N3O3S. The van der Waals surface area contributed by atoms with Crippen LogP contribution < -0.4 is 14.4 Å². The van der Waals surface area contributed by atoms with E-state index in [2.05, 4.69) is 26.3 Å². The Morgan fingerprint density at radius 3 is 2.59 bits per heavy atom. The van der Waals surface area contributed by atoms with Crippen LogP contribution in [0.3, 0.4) is 0 Å². The van der Waals surface area contributed by atoms with E-state index >= 15 is 0 Å². The molecule has 1 aliphatic heterocycles. The second kappa shape index (κ2) is 8.96. The van der Waals surface area contributed by atoms with Crippen molar-refractivity contribution in [3.05, 3.63) is 48.0 Å². The fourth-order valence-electron chi connectivity index (χ4n) is 3.38. The van der Waals surface area contributed by atoms with Gasteiger partial charge in [-0.25, -0.2) is 8.42 Å². The van der Waals surface area contributed by atoms with Gasteiger partial charge in [0.2, 0.25) is 0 Å². The fourth-order valence-corrected chi connectivity index (χ4v) is 4.56. The van der Waals surface area contributed by atoms with Crippen molar-refractivity contribution in [1.82, 2.24) is 4.90 Å². The molecule has 1 aliphatic rings. The van der Waals surface area contributed by atoms with Crippen molar-refractivity contribution in [3.63, 3.8) is 0 Å². The summed E-state index contributed by atoms with van der Waals surface area (Å²) in [6.07, 6.45) is 1.02. The van der Waals surface area contributed by atoms with Crippen molar-refractivity contribution < 1.29 is 21.9 Å². The minimum absolute atomic E-state index is 0.334. The first-order valence-electron chi connectivity index (χ1n) is 9.37. The molecular weight excluding hydrogens is 400 g/mol. The zero-order valence-corrected chi connectivity index (χ0v) is 17.3. The fraction of sp³-hybridized carbons (Fsp3) is 0.400. The second-order valence-corrected chi connectivity index (χ2v) is 8.73. The zero-order valence-electron chi connectivity index (χ0n) is 16.4. The van der Waals surface area contributed by atoms with Crippen LogP contribution in [0.1, 0.15) is 12.0 Å². The summed E-state index contributed by atoms with van der Waals surface area (Å²) in [4.78, 5) is 4.17. The first-order valence-corrected chi connectivity index (χ1v) is 10.9. The average molecular weight is 426 g/mol. The number of anilines is 2. The number of hydrogen-bond acceptors (Lipinski definition) is 5. The van der Waals surface area contributed by atoms with Crippen LogP contribution in [-0.2, 0) is 10.0 Å². The normalized spacial score (nSPS) is 16.0. The molecule has 0 amide bonds. The van der Waals surface area contributed by atoms with Gasteiger partial charge >= 0.3 is 6.61 Å². The standard InChI is InChI=1S/C20H25F2N3O3S/c1-15-8-9-16(14-17(15)25-11-5-10-24(2)12-13-25)23-29(26,27)19-7-4-3-6-18(19)28-20(21)22/h3-4,6-9,14,20,23H,5,10-13H2,1-2H3. The predicted molar refractivity (Wildman–Crippen MR) is 109 cm³/mol. The Balaban J connectivity index is 1.87. The smallest absolute Gasteiger partial charge is 0.387 e. The van der Waals surface area contributed by atoms with Crippen LogP contribution in [0.2, 0.25) is 0 Å². The molecule has 29 heavy (non-hydrogen) atoms. The summed E-state index contributed by atoms with van der Waals surface area (Å²) >= 11 is 0. The SMILES string of the molecule is Cc1ccc(NS(=O)(=O)c2ccccc2OC(F)F)cc1N1CCCN(C)CC1. The zero-order chi connectivity index (χ0) is 21.0. The molecule has 9 heteroatoms. The highest BCUT2D eigenvalue weighted by molar-refractivity contribution is 7.92. The summed E-state index contributed by atoms with van der Waals surface area (Å²) in [5.74, 6) is -0.391. The van der Waals surface area contributed by atoms with Gasteiger partial charge in [0.15, 0.2) is 0 Å². The largest absolute Gasteiger partial charge is 0.433 e. The Morgan fingerprint density at radius 1 is 1.07 bits per heavy atom. The van der Waals surface area contributed by atoms with E-state index in [4.69, 9.17) is 0 Å². The van der Waals surface area contributed by atoms with Gasteiger partial charge < -0.3 is 14.5 Å². The first kappa shape index (κ1) is 21.3. The highest BCUT2D eigenvalue weighted by Gasteiger charge is 2.22. The van der Waals surface area contributed by atoms with Crippen LogP contribution in [0.25, 0.3) is 0 Å². The van der Waals surface area contributed by atoms with E-state index in [-0.39, 0.29) is 4.90 Å². The van der Waals surface area contributed by atoms with Crippen LogP contribution in [0, 0.1) is 6.92 Å². The number of halogens is 2. The van der Waals surface area contributed by atoms with E-state index in [9.17, 15) is 17.2 Å². The van der Waals surface area contributed by atoms with Crippen molar-refractivity contribution in [2.24, 2.45) is 0 Å². The lowest BCUT2D eigenvalue weighted by Gasteiger charge is -2.25. The van der Waals surface area contributed by atoms with E-state index in [1.807, 2.05) is 13.0 Å². The summed E-state index contributed by atoms with van der Waals surface area (Å²) in [5, 5.41) is 0. The van der Waals surface area contributed by atoms with Crippen molar-refractivity contribution in [1.29, 1.82) is 0 Å². The summed E-state index contributed by atoms with van der Waals surface area (Å²) in [6.45, 7) is 2.54. The minimum Gasteiger partial charge on any atom is -0.433 e. The molecule has 0 unspecified atom stereocenters. The van der Waals surface area contributed by atoms with E-state index in [0.717, 1.165) is 43.9 Å². The molecule has 0 radical (unpaired) electrons. The van der Waals surface area contributed by atoms with Crippen LogP contribution in [0.5, 0.6) is 5.75 Å². The van der Waals surface area contributed by atoms with Gasteiger partial charge in [0, 0.05) is 25.3 Å². The third-order valence-electron chi connectivity index (χ3n) is 4.88. The Labute approximate surface area is 170 Å². The quantitative estimate of drug-likeness (QED) is 0.767. The number of sulfonamides is 1. The number of hydrogen-bond donors (Lipinski definition) is 1. The molecule has 1 saturated heterocycles. The van der Waals surface area contributed by atoms with Gasteiger partial charge in [-0.05, 0) is 56.8 Å². The number of ether oxygens (including phenoxy) is 1. The maximum atomic E-state index is 12.8. The van der Waals surface area contributed by atoms with Crippen LogP contribution >= 0.6 is 0 Å². The minimum atomic E-state index is -4.10. The lowest BCUT2D eigenvalue weighted by molar-refractivity contribution is -0.0517. The molecule has 0 aliphatic carbocycles. The molecule has 3 rings (SSSR count). The highest BCUT2D eigenvalue weighted by atomic mass is 32.2. The molecule has 1 fully saturated rings. The molecule has 0 saturated carbocycles. The molecule has 2 aromatic carbocycles. The highest BCUT2D eigenvalue weighted by Crippen LogP contribution is 2.30. The Bertz CT molecular complexity index is 954. The predicted octanol–water partition coefficient (Wildman–Crippen LogP) is 3.54. The van der Waals surface area contributed by atoms with E-state index in [1.54, 1.807) is 12.1 Å². The molecule has 158 valence electrons. The Hall–Kier alpha value is -2.39. The van der Waals surface area contributed by atoms with Gasteiger partial charge in [-0.15, -0.1) is 0 Å². The Morgan fingerprint density at radius 2 is 1.83 bits per heavy atom. The maximum Gasteiger partial charge on any atom is 0.387 e. The molecule has 6 nitrogen and oxygen atoms in total. The van der Waals surface area contributed by atoms with Crippen LogP contribution in [0.15, 0.2) is 47.4 Å². The molecule has 1 heterocycles. The first-order chi connectivity index (χ1) is 13.8. The van der Waals surface area contributed by atoms with Crippen molar-refractivity contribution in [2.45, 2.75) is 24.9 Å². The summed E-state index contributed by atoms with van der Waals surface area (Å²) in [7, 11) is -2.02. The van der Waals surface area contributed by atoms with Crippen molar-refractivity contribution >= 4 is 21.4 Å². The third kappa shape index (κ3) is 5.36. The molecule has 0 aromatic heterocycles. The van der Waals surface area contributed by atoms with Gasteiger partial charge in [0.25, 0.3) is 10.0 Å². The van der Waals surface area contributed by atoms with E-state index in [0.29, 0.717) is 5.69 Å². The molecule has 0 bridgehead atoms. The Kier molecular flexibility index (Phi) is 6.59. The van der Waals surface area contributed by atoms with Gasteiger partial charge in [-0.1, -0.05) is 18.2 Å². The molecule has 0 spiro atoms. The number of likely N-dealkylation sites (N-methyl/N-ethyl adjacent to an activating group) is 1. The summed E-state index contributed by atoms with van der Waals surface area (Å²) < 4.78 is 57.8. The van der Waals surface area contributed by atoms with Gasteiger partial charge in [0.1, 0.15) is 10.6 Å². The van der Waals surface area contributed by atoms with Crippen molar-refractivity contribution in [3.8, 4) is 5.75 Å². The number of alkyl halides is 2. The number of nitrogens with one attached hydrogen (secondary N) is 1. The number of para-hydroxylation sites is 1. The third-order valence-corrected chi connectivity index (χ3v) is 6.30. The average Bonchev–Trinajstić information content (AvgIpc) is 2.87. The lowest BCUT2D eigenvalue weighted by atomic mass is 10.1. The summed E-state index contributed by atoms with van der Waals surface area (Å²) in [6, 6.07) is 10.6. The van der Waals surface area contributed by atoms with Crippen molar-refractivity contribution in [2.75, 3.05) is 42.8 Å². The van der Waals surface area contributed by atoms with Gasteiger partial charge in [0.05, 0.1) is 5.69 Å². The number of rotatable bonds is 6.